The van der Waals surface area contributed by atoms with Crippen molar-refractivity contribution >= 4 is 33.3 Å². The zero-order valence-corrected chi connectivity index (χ0v) is 15.6. The van der Waals surface area contributed by atoms with Gasteiger partial charge in [-0.25, -0.2) is 13.3 Å². The molecule has 0 saturated carbocycles. The first-order chi connectivity index (χ1) is 12.8. The maximum absolute atomic E-state index is 12.6. The number of halogens is 1. The van der Waals surface area contributed by atoms with Crippen LogP contribution in [0.1, 0.15) is 0 Å². The summed E-state index contributed by atoms with van der Waals surface area (Å²) in [5, 5.41) is 9.99. The van der Waals surface area contributed by atoms with Crippen LogP contribution >= 0.6 is 11.6 Å². The van der Waals surface area contributed by atoms with Crippen LogP contribution in [-0.4, -0.2) is 43.5 Å². The van der Waals surface area contributed by atoms with Crippen molar-refractivity contribution in [3.05, 3.63) is 65.0 Å². The number of carbonyl (C=O) groups is 1. The molecule has 27 heavy (non-hydrogen) atoms. The minimum atomic E-state index is -3.79. The molecule has 1 heterocycles. The van der Waals surface area contributed by atoms with Crippen molar-refractivity contribution in [2.45, 2.75) is 4.90 Å². The molecule has 9 heteroatoms. The number of ether oxygens (including phenoxy) is 1. The van der Waals surface area contributed by atoms with Gasteiger partial charge in [-0.2, -0.15) is 4.31 Å². The maximum atomic E-state index is 12.6. The predicted molar refractivity (Wildman–Crippen MR) is 98.5 cm³/mol. The van der Waals surface area contributed by atoms with E-state index in [1.807, 2.05) is 0 Å². The lowest BCUT2D eigenvalue weighted by Gasteiger charge is -2.45. The second kappa shape index (κ2) is 7.19. The Morgan fingerprint density at radius 3 is 2.30 bits per heavy atom. The summed E-state index contributed by atoms with van der Waals surface area (Å²) in [6.45, 7) is 6.36. The van der Waals surface area contributed by atoms with Crippen LogP contribution in [0.25, 0.3) is 4.85 Å². The van der Waals surface area contributed by atoms with Crippen LogP contribution in [0, 0.1) is 12.0 Å². The number of benzene rings is 2. The number of hydrogen-bond acceptors (Lipinski definition) is 4. The van der Waals surface area contributed by atoms with Crippen molar-refractivity contribution in [1.82, 2.24) is 4.31 Å². The quantitative estimate of drug-likeness (QED) is 0.745. The topological polar surface area (TPSA) is 88.3 Å². The van der Waals surface area contributed by atoms with Crippen LogP contribution in [0.5, 0.6) is 5.75 Å². The van der Waals surface area contributed by atoms with Gasteiger partial charge in [0.25, 0.3) is 0 Å². The van der Waals surface area contributed by atoms with E-state index in [9.17, 15) is 18.3 Å². The third kappa shape index (κ3) is 3.76. The molecule has 0 radical (unpaired) electrons. The summed E-state index contributed by atoms with van der Waals surface area (Å²) in [6.07, 6.45) is 0. The van der Waals surface area contributed by atoms with Gasteiger partial charge in [0.15, 0.2) is 5.69 Å². The van der Waals surface area contributed by atoms with Gasteiger partial charge in [0.05, 0.1) is 11.5 Å². The molecule has 1 aliphatic rings. The Balaban J connectivity index is 1.70. The summed E-state index contributed by atoms with van der Waals surface area (Å²) in [6, 6.07) is 12.0. The summed E-state index contributed by atoms with van der Waals surface area (Å²) in [4.78, 5) is 15.0. The molecule has 7 nitrogen and oxygen atoms in total. The second-order valence-corrected chi connectivity index (χ2v) is 8.58. The third-order valence-corrected chi connectivity index (χ3v) is 6.40. The highest BCUT2D eigenvalue weighted by atomic mass is 35.5. The molecule has 0 bridgehead atoms. The molecule has 0 aliphatic carbocycles. The van der Waals surface area contributed by atoms with Crippen molar-refractivity contribution in [2.24, 2.45) is 5.41 Å². The van der Waals surface area contributed by atoms with E-state index in [1.165, 1.54) is 24.3 Å². The van der Waals surface area contributed by atoms with Gasteiger partial charge in [-0.15, -0.1) is 0 Å². The number of carboxylic acid groups (broad SMARTS) is 1. The molecule has 2 aromatic rings. The Bertz CT molecular complexity index is 992. The SMILES string of the molecule is [C-]#[N+]c1ccc(OCC2(C(=O)O)CN(S(=O)(=O)c3ccc(Cl)cc3)C2)cc1. The van der Waals surface area contributed by atoms with Gasteiger partial charge in [-0.05, 0) is 36.4 Å². The van der Waals surface area contributed by atoms with Gasteiger partial charge < -0.3 is 9.84 Å². The Hall–Kier alpha value is -2.60. The van der Waals surface area contributed by atoms with Gasteiger partial charge in [0.1, 0.15) is 17.8 Å². The van der Waals surface area contributed by atoms with Crippen LogP contribution in [-0.2, 0) is 14.8 Å². The minimum Gasteiger partial charge on any atom is -0.492 e. The van der Waals surface area contributed by atoms with E-state index in [-0.39, 0.29) is 24.6 Å². The van der Waals surface area contributed by atoms with Gasteiger partial charge in [-0.1, -0.05) is 23.7 Å². The zero-order valence-electron chi connectivity index (χ0n) is 14.0. The maximum Gasteiger partial charge on any atom is 0.315 e. The molecule has 1 aliphatic heterocycles. The van der Waals surface area contributed by atoms with Crippen molar-refractivity contribution in [1.29, 1.82) is 0 Å². The highest BCUT2D eigenvalue weighted by molar-refractivity contribution is 7.89. The van der Waals surface area contributed by atoms with E-state index in [0.29, 0.717) is 16.5 Å². The largest absolute Gasteiger partial charge is 0.492 e. The first-order valence-electron chi connectivity index (χ1n) is 7.86. The van der Waals surface area contributed by atoms with Gasteiger partial charge in [0.2, 0.25) is 10.0 Å². The molecule has 1 saturated heterocycles. The fraction of sp³-hybridized carbons (Fsp3) is 0.222. The smallest absolute Gasteiger partial charge is 0.315 e. The average Bonchev–Trinajstić information content (AvgIpc) is 2.61. The van der Waals surface area contributed by atoms with Crippen LogP contribution in [0.4, 0.5) is 5.69 Å². The first-order valence-corrected chi connectivity index (χ1v) is 9.68. The molecule has 0 unspecified atom stereocenters. The molecule has 1 fully saturated rings. The van der Waals surface area contributed by atoms with E-state index in [2.05, 4.69) is 4.85 Å². The molecular formula is C18H15ClN2O5S. The highest BCUT2D eigenvalue weighted by Gasteiger charge is 2.54. The van der Waals surface area contributed by atoms with E-state index in [1.54, 1.807) is 24.3 Å². The van der Waals surface area contributed by atoms with Crippen molar-refractivity contribution in [3.63, 3.8) is 0 Å². The average molecular weight is 407 g/mol. The van der Waals surface area contributed by atoms with E-state index in [4.69, 9.17) is 22.9 Å². The van der Waals surface area contributed by atoms with Gasteiger partial charge in [0, 0.05) is 18.1 Å². The first kappa shape index (κ1) is 19.2. The lowest BCUT2D eigenvalue weighted by molar-refractivity contribution is -0.159. The normalized spacial score (nSPS) is 16.1. The summed E-state index contributed by atoms with van der Waals surface area (Å²) in [7, 11) is -3.79. The Kier molecular flexibility index (Phi) is 5.11. The third-order valence-electron chi connectivity index (χ3n) is 4.34. The van der Waals surface area contributed by atoms with Crippen molar-refractivity contribution in [3.8, 4) is 5.75 Å². The van der Waals surface area contributed by atoms with Crippen LogP contribution in [0.3, 0.4) is 0 Å². The Morgan fingerprint density at radius 2 is 1.78 bits per heavy atom. The van der Waals surface area contributed by atoms with Crippen molar-refractivity contribution in [2.75, 3.05) is 19.7 Å². The second-order valence-electron chi connectivity index (χ2n) is 6.21. The minimum absolute atomic E-state index is 0.0570. The van der Waals surface area contributed by atoms with Gasteiger partial charge in [-0.3, -0.25) is 4.79 Å². The summed E-state index contributed by atoms with van der Waals surface area (Å²) in [5.41, 5.74) is -0.878. The van der Waals surface area contributed by atoms with Gasteiger partial charge >= 0.3 is 5.97 Å². The van der Waals surface area contributed by atoms with E-state index in [0.717, 1.165) is 4.31 Å². The van der Waals surface area contributed by atoms with Crippen LogP contribution in [0.15, 0.2) is 53.4 Å². The predicted octanol–water partition coefficient (Wildman–Crippen LogP) is 3.05. The standard InChI is InChI=1S/C18H15ClN2O5S/c1-20-14-4-6-15(7-5-14)26-12-18(17(22)23)10-21(11-18)27(24,25)16-8-2-13(19)3-9-16/h2-9H,10-12H2,(H,22,23). The molecule has 2 aromatic carbocycles. The van der Waals surface area contributed by atoms with Crippen LogP contribution in [0.2, 0.25) is 5.02 Å². The summed E-state index contributed by atoms with van der Waals surface area (Å²) in [5.74, 6) is -0.704. The number of hydrogen-bond donors (Lipinski definition) is 1. The molecule has 140 valence electrons. The van der Waals surface area contributed by atoms with Crippen molar-refractivity contribution < 1.29 is 23.1 Å². The zero-order chi connectivity index (χ0) is 19.7. The molecule has 0 aromatic heterocycles. The Morgan fingerprint density at radius 1 is 1.19 bits per heavy atom. The summed E-state index contributed by atoms with van der Waals surface area (Å²) >= 11 is 5.78. The summed E-state index contributed by atoms with van der Waals surface area (Å²) < 4.78 is 31.8. The lowest BCUT2D eigenvalue weighted by Crippen LogP contribution is -2.64. The molecular weight excluding hydrogens is 392 g/mol. The number of carboxylic acids is 1. The highest BCUT2D eigenvalue weighted by Crippen LogP contribution is 2.36. The molecule has 3 rings (SSSR count). The number of sulfonamides is 1. The Labute approximate surface area is 161 Å². The fourth-order valence-corrected chi connectivity index (χ4v) is 4.42. The number of aliphatic carboxylic acids is 1. The van der Waals surface area contributed by atoms with E-state index >= 15 is 0 Å². The number of nitrogens with zero attached hydrogens (tertiary/aromatic N) is 2. The molecule has 1 N–H and O–H groups in total. The fourth-order valence-electron chi connectivity index (χ4n) is 2.68. The van der Waals surface area contributed by atoms with Crippen LogP contribution < -0.4 is 4.74 Å². The lowest BCUT2D eigenvalue weighted by atomic mass is 9.83. The monoisotopic (exact) mass is 406 g/mol. The number of rotatable bonds is 6. The molecule has 0 atom stereocenters. The molecule has 0 spiro atoms. The van der Waals surface area contributed by atoms with E-state index < -0.39 is 21.4 Å². The molecule has 0 amide bonds.